The fraction of sp³-hybridized carbons (Fsp3) is 0.500. The Hall–Kier alpha value is -1.91. The number of halogens is 1. The van der Waals surface area contributed by atoms with Crippen LogP contribution in [-0.2, 0) is 9.59 Å². The summed E-state index contributed by atoms with van der Waals surface area (Å²) in [5.74, 6) is -1.39. The van der Waals surface area contributed by atoms with E-state index in [4.69, 9.17) is 0 Å². The van der Waals surface area contributed by atoms with Gasteiger partial charge in [0.25, 0.3) is 0 Å². The van der Waals surface area contributed by atoms with Crippen LogP contribution in [0.1, 0.15) is 44.2 Å². The monoisotopic (exact) mass is 293 g/mol. The van der Waals surface area contributed by atoms with Gasteiger partial charge in [-0.1, -0.05) is 18.6 Å². The first-order valence-electron chi connectivity index (χ1n) is 7.10. The van der Waals surface area contributed by atoms with E-state index in [1.165, 1.54) is 17.0 Å². The normalized spacial score (nSPS) is 17.7. The van der Waals surface area contributed by atoms with Crippen LogP contribution >= 0.6 is 0 Å². The highest BCUT2D eigenvalue weighted by molar-refractivity contribution is 5.85. The molecule has 1 saturated carbocycles. The van der Waals surface area contributed by atoms with Gasteiger partial charge in [0.15, 0.2) is 0 Å². The maximum atomic E-state index is 12.9. The summed E-state index contributed by atoms with van der Waals surface area (Å²) < 4.78 is 12.9. The fourth-order valence-corrected chi connectivity index (χ4v) is 2.66. The van der Waals surface area contributed by atoms with Crippen molar-refractivity contribution in [1.82, 2.24) is 4.90 Å². The molecule has 0 aliphatic heterocycles. The molecular weight excluding hydrogens is 273 g/mol. The van der Waals surface area contributed by atoms with E-state index in [1.807, 2.05) is 6.92 Å². The van der Waals surface area contributed by atoms with Crippen molar-refractivity contribution in [3.05, 3.63) is 35.6 Å². The van der Waals surface area contributed by atoms with Crippen LogP contribution < -0.4 is 0 Å². The minimum Gasteiger partial charge on any atom is -0.481 e. The van der Waals surface area contributed by atoms with Crippen molar-refractivity contribution >= 4 is 11.9 Å². The SMILES string of the molecule is CC(c1ccc(F)cc1)N(C)C(=O)CC1(C(=O)O)CCC1. The molecule has 1 atom stereocenters. The number of nitrogens with zero attached hydrogens (tertiary/aromatic N) is 1. The second-order valence-electron chi connectivity index (χ2n) is 5.85. The molecule has 1 aliphatic rings. The average Bonchev–Trinajstić information content (AvgIpc) is 2.41. The van der Waals surface area contributed by atoms with Crippen LogP contribution in [0.3, 0.4) is 0 Å². The van der Waals surface area contributed by atoms with Gasteiger partial charge >= 0.3 is 5.97 Å². The zero-order valence-electron chi connectivity index (χ0n) is 12.3. The number of hydrogen-bond donors (Lipinski definition) is 1. The van der Waals surface area contributed by atoms with Crippen molar-refractivity contribution in [3.8, 4) is 0 Å². The Kier molecular flexibility index (Phi) is 4.30. The lowest BCUT2D eigenvalue weighted by molar-refractivity contribution is -0.159. The second kappa shape index (κ2) is 5.84. The van der Waals surface area contributed by atoms with Gasteiger partial charge in [-0.25, -0.2) is 4.39 Å². The highest BCUT2D eigenvalue weighted by Crippen LogP contribution is 2.44. The van der Waals surface area contributed by atoms with E-state index in [2.05, 4.69) is 0 Å². The standard InChI is InChI=1S/C16H20FNO3/c1-11(12-4-6-13(17)7-5-12)18(2)14(19)10-16(15(20)21)8-3-9-16/h4-7,11H,3,8-10H2,1-2H3,(H,20,21). The van der Waals surface area contributed by atoms with Gasteiger partial charge in [-0.05, 0) is 37.5 Å². The van der Waals surface area contributed by atoms with Crippen LogP contribution in [0, 0.1) is 11.2 Å². The van der Waals surface area contributed by atoms with Gasteiger partial charge in [-0.2, -0.15) is 0 Å². The molecule has 1 fully saturated rings. The molecule has 4 nitrogen and oxygen atoms in total. The smallest absolute Gasteiger partial charge is 0.310 e. The van der Waals surface area contributed by atoms with E-state index in [-0.39, 0.29) is 24.2 Å². The van der Waals surface area contributed by atoms with Crippen molar-refractivity contribution in [2.75, 3.05) is 7.05 Å². The summed E-state index contributed by atoms with van der Waals surface area (Å²) in [6.07, 6.45) is 2.01. The van der Waals surface area contributed by atoms with Gasteiger partial charge in [0, 0.05) is 13.5 Å². The number of carbonyl (C=O) groups is 2. The molecule has 0 saturated heterocycles. The van der Waals surface area contributed by atoms with Crippen LogP contribution in [0.5, 0.6) is 0 Å². The van der Waals surface area contributed by atoms with Crippen molar-refractivity contribution in [2.45, 2.75) is 38.6 Å². The highest BCUT2D eigenvalue weighted by Gasteiger charge is 2.46. The molecule has 2 rings (SSSR count). The third-order valence-electron chi connectivity index (χ3n) is 4.58. The van der Waals surface area contributed by atoms with E-state index in [9.17, 15) is 19.1 Å². The number of carbonyl (C=O) groups excluding carboxylic acids is 1. The van der Waals surface area contributed by atoms with Crippen molar-refractivity contribution in [2.24, 2.45) is 5.41 Å². The summed E-state index contributed by atoms with van der Waals surface area (Å²) in [6.45, 7) is 1.85. The summed E-state index contributed by atoms with van der Waals surface area (Å²) in [6, 6.07) is 5.77. The number of amides is 1. The highest BCUT2D eigenvalue weighted by atomic mass is 19.1. The molecule has 1 aromatic carbocycles. The lowest BCUT2D eigenvalue weighted by Gasteiger charge is -2.38. The van der Waals surface area contributed by atoms with E-state index in [1.54, 1.807) is 19.2 Å². The Bertz CT molecular complexity index is 537. The first kappa shape index (κ1) is 15.5. The Morgan fingerprint density at radius 3 is 2.33 bits per heavy atom. The van der Waals surface area contributed by atoms with Crippen molar-refractivity contribution in [1.29, 1.82) is 0 Å². The van der Waals surface area contributed by atoms with Gasteiger partial charge in [0.2, 0.25) is 5.91 Å². The van der Waals surface area contributed by atoms with E-state index in [0.717, 1.165) is 12.0 Å². The number of carboxylic acids is 1. The number of rotatable bonds is 5. The number of carboxylic acid groups (broad SMARTS) is 1. The second-order valence-corrected chi connectivity index (χ2v) is 5.85. The maximum Gasteiger partial charge on any atom is 0.310 e. The van der Waals surface area contributed by atoms with Crippen LogP contribution in [0.4, 0.5) is 4.39 Å². The minimum absolute atomic E-state index is 0.0321. The third kappa shape index (κ3) is 3.06. The van der Waals surface area contributed by atoms with Crippen molar-refractivity contribution in [3.63, 3.8) is 0 Å². The van der Waals surface area contributed by atoms with Crippen LogP contribution in [0.2, 0.25) is 0 Å². The fourth-order valence-electron chi connectivity index (χ4n) is 2.66. The molecule has 1 aromatic rings. The number of hydrogen-bond acceptors (Lipinski definition) is 2. The summed E-state index contributed by atoms with van der Waals surface area (Å²) in [4.78, 5) is 25.2. The van der Waals surface area contributed by atoms with Gasteiger partial charge in [0.1, 0.15) is 5.82 Å². The Morgan fingerprint density at radius 2 is 1.90 bits per heavy atom. The largest absolute Gasteiger partial charge is 0.481 e. The third-order valence-corrected chi connectivity index (χ3v) is 4.58. The zero-order valence-corrected chi connectivity index (χ0v) is 12.3. The van der Waals surface area contributed by atoms with Crippen LogP contribution in [0.25, 0.3) is 0 Å². The maximum absolute atomic E-state index is 12.9. The predicted molar refractivity (Wildman–Crippen MR) is 76.1 cm³/mol. The average molecular weight is 293 g/mol. The molecule has 0 aromatic heterocycles. The van der Waals surface area contributed by atoms with E-state index in [0.29, 0.717) is 12.8 Å². The molecule has 0 spiro atoms. The summed E-state index contributed by atoms with van der Waals surface area (Å²) in [5, 5.41) is 9.29. The van der Waals surface area contributed by atoms with Crippen LogP contribution in [-0.4, -0.2) is 28.9 Å². The first-order valence-corrected chi connectivity index (χ1v) is 7.10. The first-order chi connectivity index (χ1) is 9.85. The summed E-state index contributed by atoms with van der Waals surface area (Å²) in [5.41, 5.74) is -0.0568. The molecule has 0 heterocycles. The Labute approximate surface area is 123 Å². The van der Waals surface area contributed by atoms with Gasteiger partial charge in [0.05, 0.1) is 11.5 Å². The molecule has 0 bridgehead atoms. The zero-order chi connectivity index (χ0) is 15.6. The topological polar surface area (TPSA) is 57.6 Å². The molecule has 1 aliphatic carbocycles. The Morgan fingerprint density at radius 1 is 1.33 bits per heavy atom. The molecule has 0 radical (unpaired) electrons. The molecule has 5 heteroatoms. The van der Waals surface area contributed by atoms with Crippen LogP contribution in [0.15, 0.2) is 24.3 Å². The van der Waals surface area contributed by atoms with E-state index >= 15 is 0 Å². The summed E-state index contributed by atoms with van der Waals surface area (Å²) >= 11 is 0. The molecule has 1 unspecified atom stereocenters. The van der Waals surface area contributed by atoms with Gasteiger partial charge < -0.3 is 10.0 Å². The predicted octanol–water partition coefficient (Wildman–Crippen LogP) is 2.99. The number of benzene rings is 1. The lowest BCUT2D eigenvalue weighted by atomic mass is 9.66. The lowest BCUT2D eigenvalue weighted by Crippen LogP contribution is -2.43. The molecule has 21 heavy (non-hydrogen) atoms. The van der Waals surface area contributed by atoms with Gasteiger partial charge in [-0.15, -0.1) is 0 Å². The Balaban J connectivity index is 2.05. The molecule has 1 N–H and O–H groups in total. The molecular formula is C16H20FNO3. The number of aliphatic carboxylic acids is 1. The van der Waals surface area contributed by atoms with Gasteiger partial charge in [-0.3, -0.25) is 9.59 Å². The van der Waals surface area contributed by atoms with Crippen molar-refractivity contribution < 1.29 is 19.1 Å². The quantitative estimate of drug-likeness (QED) is 0.908. The minimum atomic E-state index is -0.884. The van der Waals surface area contributed by atoms with E-state index < -0.39 is 11.4 Å². The summed E-state index contributed by atoms with van der Waals surface area (Å²) in [7, 11) is 1.66. The molecule has 114 valence electrons. The molecule has 1 amide bonds.